The molecule has 2 heterocycles. The van der Waals surface area contributed by atoms with E-state index in [9.17, 15) is 9.90 Å². The van der Waals surface area contributed by atoms with Crippen molar-refractivity contribution in [3.05, 3.63) is 28.2 Å². The smallest absolute Gasteiger partial charge is 0.417 e. The van der Waals surface area contributed by atoms with Crippen LogP contribution in [0.15, 0.2) is 22.7 Å². The molecule has 1 aromatic carbocycles. The Morgan fingerprint density at radius 3 is 2.36 bits per heavy atom. The van der Waals surface area contributed by atoms with Gasteiger partial charge >= 0.3 is 6.09 Å². The molecule has 1 N–H and O–H groups in total. The molecule has 3 aliphatic rings. The number of ether oxygens (including phenoxy) is 3. The summed E-state index contributed by atoms with van der Waals surface area (Å²) in [7, 11) is 0. The van der Waals surface area contributed by atoms with Gasteiger partial charge in [-0.15, -0.1) is 0 Å². The highest BCUT2D eigenvalue weighted by Gasteiger charge is 2.64. The van der Waals surface area contributed by atoms with Gasteiger partial charge < -0.3 is 19.3 Å². The molecular formula is C21H28BrNO5. The summed E-state index contributed by atoms with van der Waals surface area (Å²) >= 11 is 3.67. The first-order chi connectivity index (χ1) is 13.0. The molecule has 4 rings (SSSR count). The fraction of sp³-hybridized carbons (Fsp3) is 0.667. The lowest BCUT2D eigenvalue weighted by molar-refractivity contribution is -0.196. The van der Waals surface area contributed by atoms with Crippen LogP contribution in [0.3, 0.4) is 0 Å². The van der Waals surface area contributed by atoms with Crippen LogP contribution in [-0.2, 0) is 19.6 Å². The number of nitrogens with zero attached hydrogens (tertiary/aromatic N) is 1. The molecule has 1 amide bonds. The number of aliphatic hydroxyl groups is 1. The molecule has 2 aliphatic heterocycles. The molecule has 1 saturated heterocycles. The number of rotatable bonds is 0. The summed E-state index contributed by atoms with van der Waals surface area (Å²) in [5.41, 5.74) is -1.06. The molecule has 7 heteroatoms. The third-order valence-electron chi connectivity index (χ3n) is 6.31. The average Bonchev–Trinajstić information content (AvgIpc) is 3.09. The van der Waals surface area contributed by atoms with Crippen molar-refractivity contribution in [2.24, 2.45) is 0 Å². The monoisotopic (exact) mass is 453 g/mol. The van der Waals surface area contributed by atoms with Gasteiger partial charge in [0.05, 0.1) is 18.9 Å². The minimum atomic E-state index is -1.43. The standard InChI is InChI=1S/C21H28BrNO5/c1-18(2,3)28-17(24)23-15-7-5-6-14(22)16(15)20(19(23,4)25)8-10-21(11-9-20)26-12-13-27-21/h5-7,25H,8-13H2,1-4H3. The first kappa shape index (κ1) is 20.1. The SMILES string of the molecule is CC(C)(C)OC(=O)N1c2cccc(Br)c2C2(CCC3(CC2)OCCO3)C1(C)O. The summed E-state index contributed by atoms with van der Waals surface area (Å²) in [6.45, 7) is 8.41. The number of amides is 1. The van der Waals surface area contributed by atoms with Crippen LogP contribution in [-0.4, -0.2) is 41.5 Å². The van der Waals surface area contributed by atoms with Crippen molar-refractivity contribution in [2.45, 2.75) is 75.9 Å². The van der Waals surface area contributed by atoms with Gasteiger partial charge in [-0.05, 0) is 52.7 Å². The second-order valence-corrected chi connectivity index (χ2v) is 10.0. The molecule has 28 heavy (non-hydrogen) atoms. The predicted octanol–water partition coefficient (Wildman–Crippen LogP) is 4.47. The second-order valence-electron chi connectivity index (χ2n) is 9.16. The van der Waals surface area contributed by atoms with E-state index in [1.54, 1.807) is 6.92 Å². The Morgan fingerprint density at radius 1 is 1.18 bits per heavy atom. The van der Waals surface area contributed by atoms with Crippen LogP contribution >= 0.6 is 15.9 Å². The summed E-state index contributed by atoms with van der Waals surface area (Å²) in [5.74, 6) is -0.553. The molecule has 1 unspecified atom stereocenters. The Kier molecular flexibility index (Phi) is 4.62. The van der Waals surface area contributed by atoms with Crippen LogP contribution in [0.2, 0.25) is 0 Å². The molecule has 0 radical (unpaired) electrons. The lowest BCUT2D eigenvalue weighted by Crippen LogP contribution is -2.61. The highest BCUT2D eigenvalue weighted by atomic mass is 79.9. The van der Waals surface area contributed by atoms with E-state index in [2.05, 4.69) is 15.9 Å². The van der Waals surface area contributed by atoms with E-state index in [1.165, 1.54) is 4.90 Å². The Bertz CT molecular complexity index is 784. The van der Waals surface area contributed by atoms with Crippen molar-refractivity contribution in [2.75, 3.05) is 18.1 Å². The summed E-state index contributed by atoms with van der Waals surface area (Å²) in [4.78, 5) is 14.5. The van der Waals surface area contributed by atoms with Crippen LogP contribution < -0.4 is 4.90 Å². The van der Waals surface area contributed by atoms with Gasteiger partial charge in [0, 0.05) is 28.3 Å². The maximum absolute atomic E-state index is 13.1. The van der Waals surface area contributed by atoms with Gasteiger partial charge in [0.15, 0.2) is 11.5 Å². The number of carbonyl (C=O) groups is 1. The Morgan fingerprint density at radius 2 is 1.79 bits per heavy atom. The molecule has 6 nitrogen and oxygen atoms in total. The Hall–Kier alpha value is -1.15. The molecule has 1 saturated carbocycles. The van der Waals surface area contributed by atoms with Crippen molar-refractivity contribution < 1.29 is 24.1 Å². The first-order valence-corrected chi connectivity index (χ1v) is 10.6. The van der Waals surface area contributed by atoms with Gasteiger partial charge in [0.2, 0.25) is 0 Å². The van der Waals surface area contributed by atoms with Crippen molar-refractivity contribution in [3.63, 3.8) is 0 Å². The molecule has 0 bridgehead atoms. The molecule has 154 valence electrons. The number of carbonyl (C=O) groups excluding carboxylic acids is 1. The normalized spacial score (nSPS) is 28.0. The fourth-order valence-electron chi connectivity index (χ4n) is 5.01. The third-order valence-corrected chi connectivity index (χ3v) is 6.97. The van der Waals surface area contributed by atoms with Crippen molar-refractivity contribution in [1.82, 2.24) is 0 Å². The van der Waals surface area contributed by atoms with Gasteiger partial charge in [-0.3, -0.25) is 0 Å². The van der Waals surface area contributed by atoms with E-state index < -0.39 is 28.6 Å². The number of hydrogen-bond acceptors (Lipinski definition) is 5. The lowest BCUT2D eigenvalue weighted by Gasteiger charge is -2.49. The Labute approximate surface area is 174 Å². The summed E-state index contributed by atoms with van der Waals surface area (Å²) in [5, 5.41) is 11.8. The lowest BCUT2D eigenvalue weighted by atomic mass is 9.63. The molecule has 2 fully saturated rings. The zero-order chi connectivity index (χ0) is 20.4. The van der Waals surface area contributed by atoms with Crippen molar-refractivity contribution in [3.8, 4) is 0 Å². The van der Waals surface area contributed by atoms with Crippen LogP contribution in [0.1, 0.15) is 58.9 Å². The van der Waals surface area contributed by atoms with E-state index in [0.29, 0.717) is 44.6 Å². The maximum atomic E-state index is 13.1. The highest BCUT2D eigenvalue weighted by Crippen LogP contribution is 2.61. The van der Waals surface area contributed by atoms with Crippen molar-refractivity contribution in [1.29, 1.82) is 0 Å². The molecule has 2 spiro atoms. The first-order valence-electron chi connectivity index (χ1n) is 9.84. The van der Waals surface area contributed by atoms with E-state index in [0.717, 1.165) is 10.0 Å². The summed E-state index contributed by atoms with van der Waals surface area (Å²) in [6, 6.07) is 5.71. The molecule has 0 aromatic heterocycles. The minimum absolute atomic E-state index is 0.539. The molecule has 1 aromatic rings. The topological polar surface area (TPSA) is 68.2 Å². The molecule has 1 aliphatic carbocycles. The number of benzene rings is 1. The van der Waals surface area contributed by atoms with E-state index in [-0.39, 0.29) is 0 Å². The highest BCUT2D eigenvalue weighted by molar-refractivity contribution is 9.10. The predicted molar refractivity (Wildman–Crippen MR) is 108 cm³/mol. The van der Waals surface area contributed by atoms with E-state index >= 15 is 0 Å². The van der Waals surface area contributed by atoms with Gasteiger partial charge in [-0.25, -0.2) is 9.69 Å². The molecular weight excluding hydrogens is 426 g/mol. The quantitative estimate of drug-likeness (QED) is 0.627. The van der Waals surface area contributed by atoms with Crippen LogP contribution in [0, 0.1) is 0 Å². The van der Waals surface area contributed by atoms with E-state index in [4.69, 9.17) is 14.2 Å². The number of fused-ring (bicyclic) bond motifs is 2. The van der Waals surface area contributed by atoms with Crippen molar-refractivity contribution >= 4 is 27.7 Å². The summed E-state index contributed by atoms with van der Waals surface area (Å²) in [6.07, 6.45) is 2.10. The minimum Gasteiger partial charge on any atom is -0.443 e. The number of anilines is 1. The summed E-state index contributed by atoms with van der Waals surface area (Å²) < 4.78 is 18.3. The second kappa shape index (κ2) is 6.42. The van der Waals surface area contributed by atoms with Crippen LogP contribution in [0.5, 0.6) is 0 Å². The van der Waals surface area contributed by atoms with Crippen LogP contribution in [0.25, 0.3) is 0 Å². The van der Waals surface area contributed by atoms with E-state index in [1.807, 2.05) is 39.0 Å². The zero-order valence-electron chi connectivity index (χ0n) is 16.9. The van der Waals surface area contributed by atoms with Gasteiger partial charge in [0.1, 0.15) is 5.60 Å². The Balaban J connectivity index is 1.77. The number of halogens is 1. The maximum Gasteiger partial charge on any atom is 0.417 e. The van der Waals surface area contributed by atoms with Gasteiger partial charge in [-0.1, -0.05) is 22.0 Å². The fourth-order valence-corrected chi connectivity index (χ4v) is 5.74. The zero-order valence-corrected chi connectivity index (χ0v) is 18.5. The van der Waals surface area contributed by atoms with Gasteiger partial charge in [0.25, 0.3) is 0 Å². The third kappa shape index (κ3) is 2.90. The molecule has 1 atom stereocenters. The number of hydrogen-bond donors (Lipinski definition) is 1. The largest absolute Gasteiger partial charge is 0.443 e. The average molecular weight is 454 g/mol. The van der Waals surface area contributed by atoms with Crippen LogP contribution in [0.4, 0.5) is 10.5 Å². The van der Waals surface area contributed by atoms with Gasteiger partial charge in [-0.2, -0.15) is 0 Å².